The molecule has 1 aromatic rings. The van der Waals surface area contributed by atoms with Gasteiger partial charge in [-0.2, -0.15) is 0 Å². The first-order valence-corrected chi connectivity index (χ1v) is 8.05. The molecule has 100 valence electrons. The van der Waals surface area contributed by atoms with Crippen molar-refractivity contribution < 1.29 is 13.5 Å². The van der Waals surface area contributed by atoms with Gasteiger partial charge in [-0.15, -0.1) is 0 Å². The lowest BCUT2D eigenvalue weighted by Gasteiger charge is -2.27. The van der Waals surface area contributed by atoms with Crippen molar-refractivity contribution in [2.75, 3.05) is 18.1 Å². The van der Waals surface area contributed by atoms with Crippen molar-refractivity contribution in [1.82, 2.24) is 5.32 Å². The second kappa shape index (κ2) is 5.82. The summed E-state index contributed by atoms with van der Waals surface area (Å²) in [6, 6.07) is 9.80. The van der Waals surface area contributed by atoms with Crippen LogP contribution in [0, 0.1) is 0 Å². The molecule has 1 aliphatic heterocycles. The molecule has 4 nitrogen and oxygen atoms in total. The zero-order valence-corrected chi connectivity index (χ0v) is 11.1. The quantitative estimate of drug-likeness (QED) is 0.852. The molecule has 1 aromatic carbocycles. The Bertz CT molecular complexity index is 458. The number of hydrogen-bond donors (Lipinski definition) is 2. The topological polar surface area (TPSA) is 66.4 Å². The fraction of sp³-hybridized carbons (Fsp3) is 0.538. The Morgan fingerprint density at radius 3 is 2.39 bits per heavy atom. The summed E-state index contributed by atoms with van der Waals surface area (Å²) in [7, 11) is -2.83. The van der Waals surface area contributed by atoms with Gasteiger partial charge in [0.05, 0.1) is 24.2 Å². The molecule has 18 heavy (non-hydrogen) atoms. The number of aliphatic hydroxyl groups is 1. The van der Waals surface area contributed by atoms with Gasteiger partial charge in [-0.05, 0) is 18.4 Å². The van der Waals surface area contributed by atoms with Crippen LogP contribution in [0.1, 0.15) is 24.4 Å². The Balaban J connectivity index is 1.96. The Kier molecular flexibility index (Phi) is 4.37. The SMILES string of the molecule is O=S1(=O)CCC(N[C@@H](CO)c2ccccc2)CC1. The van der Waals surface area contributed by atoms with Gasteiger partial charge in [0.2, 0.25) is 0 Å². The number of hydrogen-bond acceptors (Lipinski definition) is 4. The van der Waals surface area contributed by atoms with Crippen LogP contribution in [0.4, 0.5) is 0 Å². The smallest absolute Gasteiger partial charge is 0.150 e. The molecule has 1 atom stereocenters. The van der Waals surface area contributed by atoms with E-state index >= 15 is 0 Å². The summed E-state index contributed by atoms with van der Waals surface area (Å²) in [6.45, 7) is 0.0211. The van der Waals surface area contributed by atoms with E-state index < -0.39 is 9.84 Å². The van der Waals surface area contributed by atoms with Crippen LogP contribution in [0.3, 0.4) is 0 Å². The normalized spacial score (nSPS) is 21.6. The lowest BCUT2D eigenvalue weighted by atomic mass is 10.0. The van der Waals surface area contributed by atoms with E-state index in [4.69, 9.17) is 0 Å². The monoisotopic (exact) mass is 269 g/mol. The highest BCUT2D eigenvalue weighted by Gasteiger charge is 2.25. The Morgan fingerprint density at radius 1 is 1.22 bits per heavy atom. The van der Waals surface area contributed by atoms with Crippen molar-refractivity contribution in [2.45, 2.75) is 24.9 Å². The van der Waals surface area contributed by atoms with E-state index in [1.54, 1.807) is 0 Å². The largest absolute Gasteiger partial charge is 0.394 e. The number of aliphatic hydroxyl groups excluding tert-OH is 1. The molecule has 0 bridgehead atoms. The lowest BCUT2D eigenvalue weighted by molar-refractivity contribution is 0.229. The predicted octanol–water partition coefficient (Wildman–Crippen LogP) is 0.887. The van der Waals surface area contributed by atoms with Gasteiger partial charge in [0.1, 0.15) is 9.84 Å². The minimum atomic E-state index is -2.83. The molecule has 1 fully saturated rings. The summed E-state index contributed by atoms with van der Waals surface area (Å²) >= 11 is 0. The highest BCUT2D eigenvalue weighted by atomic mass is 32.2. The summed E-state index contributed by atoms with van der Waals surface area (Å²) < 4.78 is 22.7. The lowest BCUT2D eigenvalue weighted by Crippen LogP contribution is -2.40. The molecule has 1 saturated heterocycles. The molecule has 0 radical (unpaired) electrons. The Labute approximate surface area is 108 Å². The molecule has 2 rings (SSSR count). The van der Waals surface area contributed by atoms with Gasteiger partial charge in [0.15, 0.2) is 0 Å². The first-order chi connectivity index (χ1) is 8.61. The molecule has 2 N–H and O–H groups in total. The maximum absolute atomic E-state index is 11.3. The number of nitrogens with one attached hydrogen (secondary N) is 1. The number of rotatable bonds is 4. The van der Waals surface area contributed by atoms with Gasteiger partial charge in [0, 0.05) is 6.04 Å². The molecule has 0 unspecified atom stereocenters. The van der Waals surface area contributed by atoms with E-state index in [0.29, 0.717) is 12.8 Å². The van der Waals surface area contributed by atoms with Gasteiger partial charge < -0.3 is 10.4 Å². The molecule has 0 amide bonds. The average molecular weight is 269 g/mol. The molecular formula is C13H19NO3S. The van der Waals surface area contributed by atoms with Crippen LogP contribution in [0.2, 0.25) is 0 Å². The van der Waals surface area contributed by atoms with Crippen LogP contribution in [0.5, 0.6) is 0 Å². The third kappa shape index (κ3) is 3.54. The van der Waals surface area contributed by atoms with Crippen molar-refractivity contribution in [3.63, 3.8) is 0 Å². The summed E-state index contributed by atoms with van der Waals surface area (Å²) in [6.07, 6.45) is 1.26. The molecule has 0 saturated carbocycles. The second-order valence-corrected chi connectivity index (χ2v) is 7.04. The van der Waals surface area contributed by atoms with Crippen molar-refractivity contribution in [3.8, 4) is 0 Å². The fourth-order valence-electron chi connectivity index (χ4n) is 2.28. The minimum Gasteiger partial charge on any atom is -0.394 e. The van der Waals surface area contributed by atoms with E-state index in [-0.39, 0.29) is 30.2 Å². The van der Waals surface area contributed by atoms with E-state index in [0.717, 1.165) is 5.56 Å². The predicted molar refractivity (Wildman–Crippen MR) is 71.1 cm³/mol. The van der Waals surface area contributed by atoms with Crippen LogP contribution in [0.15, 0.2) is 30.3 Å². The first-order valence-electron chi connectivity index (χ1n) is 6.23. The van der Waals surface area contributed by atoms with Gasteiger partial charge in [-0.25, -0.2) is 8.42 Å². The second-order valence-electron chi connectivity index (χ2n) is 4.74. The molecule has 1 aliphatic rings. The molecule has 0 spiro atoms. The van der Waals surface area contributed by atoms with Crippen LogP contribution in [-0.2, 0) is 9.84 Å². The fourth-order valence-corrected chi connectivity index (χ4v) is 3.77. The summed E-state index contributed by atoms with van der Waals surface area (Å²) in [4.78, 5) is 0. The number of sulfone groups is 1. The van der Waals surface area contributed by atoms with Gasteiger partial charge in [-0.1, -0.05) is 30.3 Å². The zero-order valence-electron chi connectivity index (χ0n) is 10.2. The van der Waals surface area contributed by atoms with Crippen LogP contribution in [-0.4, -0.2) is 37.7 Å². The Hall–Kier alpha value is -0.910. The van der Waals surface area contributed by atoms with Crippen molar-refractivity contribution >= 4 is 9.84 Å². The van der Waals surface area contributed by atoms with Gasteiger partial charge in [-0.3, -0.25) is 0 Å². The number of benzene rings is 1. The Morgan fingerprint density at radius 2 is 1.83 bits per heavy atom. The van der Waals surface area contributed by atoms with Gasteiger partial charge >= 0.3 is 0 Å². The molecule has 0 aromatic heterocycles. The van der Waals surface area contributed by atoms with Gasteiger partial charge in [0.25, 0.3) is 0 Å². The first kappa shape index (κ1) is 13.5. The highest BCUT2D eigenvalue weighted by molar-refractivity contribution is 7.91. The zero-order chi connectivity index (χ0) is 13.0. The molecule has 5 heteroatoms. The third-order valence-corrected chi connectivity index (χ3v) is 5.09. The average Bonchev–Trinajstić information content (AvgIpc) is 2.39. The van der Waals surface area contributed by atoms with Crippen molar-refractivity contribution in [1.29, 1.82) is 0 Å². The van der Waals surface area contributed by atoms with Crippen molar-refractivity contribution in [3.05, 3.63) is 35.9 Å². The van der Waals surface area contributed by atoms with Crippen LogP contribution < -0.4 is 5.32 Å². The molecule has 0 aliphatic carbocycles. The van der Waals surface area contributed by atoms with E-state index in [1.165, 1.54) is 0 Å². The molecule has 1 heterocycles. The summed E-state index contributed by atoms with van der Waals surface area (Å²) in [5.74, 6) is 0.495. The van der Waals surface area contributed by atoms with E-state index in [2.05, 4.69) is 5.32 Å². The molecular weight excluding hydrogens is 250 g/mol. The summed E-state index contributed by atoms with van der Waals surface area (Å²) in [5.41, 5.74) is 1.04. The maximum atomic E-state index is 11.3. The maximum Gasteiger partial charge on any atom is 0.150 e. The van der Waals surface area contributed by atoms with Crippen LogP contribution >= 0.6 is 0 Å². The van der Waals surface area contributed by atoms with E-state index in [9.17, 15) is 13.5 Å². The third-order valence-electron chi connectivity index (χ3n) is 3.38. The standard InChI is InChI=1S/C13H19NO3S/c15-10-13(11-4-2-1-3-5-11)14-12-6-8-18(16,17)9-7-12/h1-5,12-15H,6-10H2/t13-/m0/s1. The summed E-state index contributed by atoms with van der Waals surface area (Å²) in [5, 5.41) is 12.8. The van der Waals surface area contributed by atoms with Crippen LogP contribution in [0.25, 0.3) is 0 Å². The minimum absolute atomic E-state index is 0.0211. The van der Waals surface area contributed by atoms with Crippen molar-refractivity contribution in [2.24, 2.45) is 0 Å². The van der Waals surface area contributed by atoms with E-state index in [1.807, 2.05) is 30.3 Å². The highest BCUT2D eigenvalue weighted by Crippen LogP contribution is 2.18.